The Balaban J connectivity index is 1.60. The van der Waals surface area contributed by atoms with E-state index in [1.54, 1.807) is 0 Å². The van der Waals surface area contributed by atoms with Crippen LogP contribution in [-0.4, -0.2) is 64.2 Å². The van der Waals surface area contributed by atoms with E-state index in [4.69, 9.17) is 9.47 Å². The molecule has 0 saturated carbocycles. The van der Waals surface area contributed by atoms with E-state index in [2.05, 4.69) is 15.5 Å². The van der Waals surface area contributed by atoms with Crippen molar-refractivity contribution in [3.8, 4) is 11.4 Å². The zero-order valence-electron chi connectivity index (χ0n) is 18.0. The molecule has 12 nitrogen and oxygen atoms in total. The number of hydrogen-bond acceptors (Lipinski definition) is 9. The van der Waals surface area contributed by atoms with Crippen molar-refractivity contribution < 1.29 is 22.8 Å². The minimum absolute atomic E-state index is 0.0861. The van der Waals surface area contributed by atoms with Crippen LogP contribution in [0, 0.1) is 24.0 Å². The van der Waals surface area contributed by atoms with E-state index in [1.165, 1.54) is 21.1 Å². The lowest BCUT2D eigenvalue weighted by atomic mass is 10.1. The smallest absolute Gasteiger partial charge is 0.312 e. The number of ether oxygens (including phenoxy) is 2. The second kappa shape index (κ2) is 9.21. The van der Waals surface area contributed by atoms with Crippen LogP contribution in [0.25, 0.3) is 5.69 Å². The Morgan fingerprint density at radius 2 is 1.85 bits per heavy atom. The van der Waals surface area contributed by atoms with Crippen molar-refractivity contribution in [3.63, 3.8) is 0 Å². The number of nitrogens with zero attached hydrogens (tertiary/aromatic N) is 6. The summed E-state index contributed by atoms with van der Waals surface area (Å²) >= 11 is 0. The third-order valence-electron chi connectivity index (χ3n) is 5.28. The van der Waals surface area contributed by atoms with Crippen molar-refractivity contribution in [1.29, 1.82) is 0 Å². The molecule has 1 fully saturated rings. The Morgan fingerprint density at radius 1 is 1.15 bits per heavy atom. The molecule has 0 atom stereocenters. The van der Waals surface area contributed by atoms with Crippen LogP contribution in [0.5, 0.6) is 5.75 Å². The van der Waals surface area contributed by atoms with E-state index in [-0.39, 0.29) is 43.6 Å². The number of para-hydroxylation sites is 1. The van der Waals surface area contributed by atoms with E-state index in [0.717, 1.165) is 22.9 Å². The summed E-state index contributed by atoms with van der Waals surface area (Å²) < 4.78 is 39.3. The number of rotatable bonds is 7. The van der Waals surface area contributed by atoms with Gasteiger partial charge in [0, 0.05) is 19.2 Å². The lowest BCUT2D eigenvalue weighted by molar-refractivity contribution is -0.386. The molecule has 174 valence electrons. The molecule has 1 saturated heterocycles. The molecule has 3 aromatic rings. The van der Waals surface area contributed by atoms with Crippen LogP contribution in [0.4, 0.5) is 5.69 Å². The molecule has 0 aliphatic carbocycles. The minimum atomic E-state index is -3.89. The summed E-state index contributed by atoms with van der Waals surface area (Å²) in [7, 11) is -3.89. The first-order valence-electron chi connectivity index (χ1n) is 10.1. The summed E-state index contributed by atoms with van der Waals surface area (Å²) in [5.74, 6) is 0.253. The number of nitro groups is 1. The summed E-state index contributed by atoms with van der Waals surface area (Å²) in [4.78, 5) is 10.8. The largest absolute Gasteiger partial charge is 0.478 e. The van der Waals surface area contributed by atoms with Gasteiger partial charge >= 0.3 is 5.69 Å². The molecule has 1 aromatic heterocycles. The average molecular weight is 474 g/mol. The molecule has 0 radical (unpaired) electrons. The quantitative estimate of drug-likeness (QED) is 0.370. The summed E-state index contributed by atoms with van der Waals surface area (Å²) in [6, 6.07) is 9.35. The highest BCUT2D eigenvalue weighted by atomic mass is 32.2. The Hall–Kier alpha value is -3.42. The van der Waals surface area contributed by atoms with E-state index < -0.39 is 20.6 Å². The average Bonchev–Trinajstić information content (AvgIpc) is 3.26. The molecule has 0 bridgehead atoms. The molecule has 4 rings (SSSR count). The predicted octanol–water partition coefficient (Wildman–Crippen LogP) is 1.79. The van der Waals surface area contributed by atoms with Gasteiger partial charge in [-0.05, 0) is 47.5 Å². The lowest BCUT2D eigenvalue weighted by Crippen LogP contribution is -2.40. The van der Waals surface area contributed by atoms with Crippen LogP contribution in [0.2, 0.25) is 0 Å². The van der Waals surface area contributed by atoms with Gasteiger partial charge in [0.15, 0.2) is 18.2 Å². The van der Waals surface area contributed by atoms with Gasteiger partial charge in [-0.15, -0.1) is 5.10 Å². The lowest BCUT2D eigenvalue weighted by Gasteiger charge is -2.26. The van der Waals surface area contributed by atoms with Crippen LogP contribution in [0.1, 0.15) is 17.0 Å². The Kier molecular flexibility index (Phi) is 6.35. The molecule has 33 heavy (non-hydrogen) atoms. The maximum atomic E-state index is 12.9. The number of morpholine rings is 1. The second-order valence-corrected chi connectivity index (χ2v) is 9.38. The molecule has 0 N–H and O–H groups in total. The van der Waals surface area contributed by atoms with Crippen LogP contribution in [0.15, 0.2) is 41.3 Å². The zero-order chi connectivity index (χ0) is 23.6. The molecule has 2 heterocycles. The number of hydrogen-bond donors (Lipinski definition) is 0. The number of aromatic nitrogens is 4. The van der Waals surface area contributed by atoms with E-state index in [1.807, 2.05) is 32.0 Å². The summed E-state index contributed by atoms with van der Waals surface area (Å²) in [6.07, 6.45) is 0. The molecule has 0 spiro atoms. The number of benzene rings is 2. The molecule has 2 aromatic carbocycles. The molecular formula is C20H22N6O6S. The zero-order valence-corrected chi connectivity index (χ0v) is 18.9. The number of nitro benzene ring substituents is 1. The minimum Gasteiger partial charge on any atom is -0.478 e. The van der Waals surface area contributed by atoms with Gasteiger partial charge in [0.05, 0.1) is 28.7 Å². The SMILES string of the molecule is Cc1cccc(C)c1-n1nnnc1COc1ccc(S(=O)(=O)N2CCOCC2)cc1[N+](=O)[O-]. The maximum absolute atomic E-state index is 12.9. The highest BCUT2D eigenvalue weighted by Gasteiger charge is 2.29. The van der Waals surface area contributed by atoms with Crippen molar-refractivity contribution >= 4 is 15.7 Å². The van der Waals surface area contributed by atoms with Gasteiger partial charge in [0.1, 0.15) is 0 Å². The normalized spacial score (nSPS) is 14.8. The fourth-order valence-corrected chi connectivity index (χ4v) is 5.04. The highest BCUT2D eigenvalue weighted by molar-refractivity contribution is 7.89. The number of sulfonamides is 1. The number of tetrazole rings is 1. The first kappa shape index (κ1) is 22.8. The van der Waals surface area contributed by atoms with Crippen LogP contribution < -0.4 is 4.74 Å². The predicted molar refractivity (Wildman–Crippen MR) is 116 cm³/mol. The standard InChI is InChI=1S/C20H22N6O6S/c1-14-4-3-5-15(2)20(14)25-19(21-22-23-25)13-32-18-7-6-16(12-17(18)26(27)28)33(29,30)24-8-10-31-11-9-24/h3-7,12H,8-11,13H2,1-2H3. The Bertz CT molecular complexity index is 1270. The third kappa shape index (κ3) is 4.55. The van der Waals surface area contributed by atoms with Crippen LogP contribution >= 0.6 is 0 Å². The molecule has 1 aliphatic heterocycles. The van der Waals surface area contributed by atoms with E-state index in [9.17, 15) is 18.5 Å². The van der Waals surface area contributed by atoms with E-state index in [0.29, 0.717) is 5.82 Å². The fraction of sp³-hybridized carbons (Fsp3) is 0.350. The molecule has 0 amide bonds. The maximum Gasteiger partial charge on any atom is 0.312 e. The number of aryl methyl sites for hydroxylation is 2. The first-order chi connectivity index (χ1) is 15.8. The summed E-state index contributed by atoms with van der Waals surface area (Å²) in [5.41, 5.74) is 2.23. The Morgan fingerprint density at radius 3 is 2.52 bits per heavy atom. The topological polar surface area (TPSA) is 143 Å². The van der Waals surface area contributed by atoms with Gasteiger partial charge in [0.25, 0.3) is 0 Å². The highest BCUT2D eigenvalue weighted by Crippen LogP contribution is 2.32. The van der Waals surface area contributed by atoms with Crippen molar-refractivity contribution in [3.05, 3.63) is 63.5 Å². The van der Waals surface area contributed by atoms with Gasteiger partial charge in [0.2, 0.25) is 10.0 Å². The van der Waals surface area contributed by atoms with E-state index >= 15 is 0 Å². The van der Waals surface area contributed by atoms with Gasteiger partial charge in [-0.3, -0.25) is 10.1 Å². The van der Waals surface area contributed by atoms with Crippen molar-refractivity contribution in [2.24, 2.45) is 0 Å². The van der Waals surface area contributed by atoms with Gasteiger partial charge in [-0.2, -0.15) is 8.99 Å². The molecule has 1 aliphatic rings. The first-order valence-corrected chi connectivity index (χ1v) is 11.6. The van der Waals surface area contributed by atoms with Crippen molar-refractivity contribution in [1.82, 2.24) is 24.5 Å². The third-order valence-corrected chi connectivity index (χ3v) is 7.17. The molecule has 13 heteroatoms. The van der Waals surface area contributed by atoms with Crippen molar-refractivity contribution in [2.75, 3.05) is 26.3 Å². The Labute approximate surface area is 189 Å². The summed E-state index contributed by atoms with van der Waals surface area (Å²) in [5, 5.41) is 23.4. The monoisotopic (exact) mass is 474 g/mol. The van der Waals surface area contributed by atoms with Crippen molar-refractivity contribution in [2.45, 2.75) is 25.3 Å². The molecule has 0 unspecified atom stereocenters. The summed E-state index contributed by atoms with van der Waals surface area (Å²) in [6.45, 7) is 4.62. The van der Waals surface area contributed by atoms with Gasteiger partial charge in [-0.1, -0.05) is 18.2 Å². The van der Waals surface area contributed by atoms with Crippen LogP contribution in [-0.2, 0) is 21.4 Å². The molecular weight excluding hydrogens is 452 g/mol. The second-order valence-electron chi connectivity index (χ2n) is 7.44. The fourth-order valence-electron chi connectivity index (χ4n) is 3.61. The van der Waals surface area contributed by atoms with Crippen LogP contribution in [0.3, 0.4) is 0 Å². The van der Waals surface area contributed by atoms with Gasteiger partial charge < -0.3 is 9.47 Å². The van der Waals surface area contributed by atoms with Gasteiger partial charge in [-0.25, -0.2) is 8.42 Å².